The third-order valence-corrected chi connectivity index (χ3v) is 21.0. The van der Waals surface area contributed by atoms with Crippen molar-refractivity contribution in [1.29, 1.82) is 0 Å². The zero-order valence-electron chi connectivity index (χ0n) is 30.0. The van der Waals surface area contributed by atoms with Crippen molar-refractivity contribution in [3.8, 4) is 0 Å². The fraction of sp³-hybridized carbons (Fsp3) is 0.900. The molecule has 2 aliphatic heterocycles. The normalized spacial score (nSPS) is 49.0. The molecule has 0 unspecified atom stereocenters. The summed E-state index contributed by atoms with van der Waals surface area (Å²) in [5.41, 5.74) is 5.14. The monoisotopic (exact) mass is 780 g/mol. The van der Waals surface area contributed by atoms with Crippen LogP contribution in [-0.4, -0.2) is 23.4 Å². The summed E-state index contributed by atoms with van der Waals surface area (Å²) in [6, 6.07) is 0. The Morgan fingerprint density at radius 3 is 1.37 bits per heavy atom. The van der Waals surface area contributed by atoms with Gasteiger partial charge in [-0.25, -0.2) is 0 Å². The van der Waals surface area contributed by atoms with Crippen LogP contribution in [0.2, 0.25) is 7.86 Å². The van der Waals surface area contributed by atoms with Crippen molar-refractivity contribution in [2.24, 2.45) is 45.3 Å². The molecule has 0 aromatic rings. The van der Waals surface area contributed by atoms with Crippen molar-refractivity contribution in [1.82, 2.24) is 0 Å². The van der Waals surface area contributed by atoms with Gasteiger partial charge >= 0.3 is 280 Å². The first-order valence-electron chi connectivity index (χ1n) is 18.7. The minimum atomic E-state index is -0.987. The van der Waals surface area contributed by atoms with Crippen LogP contribution in [0.15, 0.2) is 23.3 Å². The van der Waals surface area contributed by atoms with Gasteiger partial charge in [-0.15, -0.1) is 0 Å². The van der Waals surface area contributed by atoms with E-state index in [0.29, 0.717) is 33.9 Å². The predicted octanol–water partition coefficient (Wildman–Crippen LogP) is 11.4. The van der Waals surface area contributed by atoms with Crippen LogP contribution in [0.5, 0.6) is 0 Å². The van der Waals surface area contributed by atoms with Gasteiger partial charge in [0.1, 0.15) is 0 Å². The standard InChI is InChI=1S/2C20H33O.Hg/c2*1-7-14(2)15-13-17-19(5)11-8-10-18(3,4)16(19)9-12-20(17,6)21-15;/h2*7,15-17H,1,8-13H2,2-6H3;/b2*14-7+;/t2*15-,16+,17-,19+,20-;/m11./s1. The molecule has 10 atom stereocenters. The Morgan fingerprint density at radius 1 is 0.581 bits per heavy atom. The molecule has 0 aromatic carbocycles. The van der Waals surface area contributed by atoms with Crippen LogP contribution in [0, 0.1) is 45.3 Å². The van der Waals surface area contributed by atoms with Crippen molar-refractivity contribution in [3.05, 3.63) is 23.3 Å². The fourth-order valence-electron chi connectivity index (χ4n) is 13.3. The molecular formula is C40H66HgO2. The van der Waals surface area contributed by atoms with Gasteiger partial charge in [-0.3, -0.25) is 0 Å². The Hall–Kier alpha value is 0.335. The summed E-state index contributed by atoms with van der Waals surface area (Å²) in [6.45, 7) is 25.2. The third-order valence-electron chi connectivity index (χ3n) is 15.6. The van der Waals surface area contributed by atoms with Crippen LogP contribution in [-0.2, 0) is 34.0 Å². The summed E-state index contributed by atoms with van der Waals surface area (Å²) in [4.78, 5) is 0. The van der Waals surface area contributed by atoms with E-state index in [0.717, 1.165) is 23.7 Å². The van der Waals surface area contributed by atoms with Gasteiger partial charge in [-0.1, -0.05) is 0 Å². The van der Waals surface area contributed by atoms with Crippen molar-refractivity contribution in [2.45, 2.75) is 178 Å². The average molecular weight is 780 g/mol. The average Bonchev–Trinajstić information content (AvgIpc) is 3.46. The number of hydrogen-bond donors (Lipinski definition) is 0. The zero-order chi connectivity index (χ0) is 31.1. The van der Waals surface area contributed by atoms with E-state index in [1.54, 1.807) is 11.1 Å². The molecule has 240 valence electrons. The van der Waals surface area contributed by atoms with Crippen LogP contribution < -0.4 is 0 Å². The van der Waals surface area contributed by atoms with Gasteiger partial charge in [0, 0.05) is 0 Å². The van der Waals surface area contributed by atoms with Gasteiger partial charge in [0.15, 0.2) is 0 Å². The van der Waals surface area contributed by atoms with Gasteiger partial charge < -0.3 is 0 Å². The number of hydrogen-bond acceptors (Lipinski definition) is 2. The van der Waals surface area contributed by atoms with Crippen molar-refractivity contribution in [3.63, 3.8) is 0 Å². The van der Waals surface area contributed by atoms with E-state index in [2.05, 4.69) is 81.4 Å². The molecule has 4 saturated carbocycles. The molecule has 4 aliphatic carbocycles. The van der Waals surface area contributed by atoms with E-state index in [9.17, 15) is 0 Å². The van der Waals surface area contributed by atoms with Crippen molar-refractivity contribution in [2.75, 3.05) is 0 Å². The van der Waals surface area contributed by atoms with E-state index < -0.39 is 24.6 Å². The molecular weight excluding hydrogens is 713 g/mol. The molecule has 43 heavy (non-hydrogen) atoms. The fourth-order valence-corrected chi connectivity index (χ4v) is 19.3. The summed E-state index contributed by atoms with van der Waals surface area (Å²) >= 11 is -0.987. The predicted molar refractivity (Wildman–Crippen MR) is 177 cm³/mol. The zero-order valence-corrected chi connectivity index (χ0v) is 35.5. The molecule has 0 bridgehead atoms. The molecule has 2 saturated heterocycles. The van der Waals surface area contributed by atoms with Gasteiger partial charge in [0.25, 0.3) is 0 Å². The van der Waals surface area contributed by atoms with Crippen molar-refractivity contribution >= 4 is 0 Å². The van der Waals surface area contributed by atoms with Crippen LogP contribution in [0.1, 0.15) is 146 Å². The first-order chi connectivity index (χ1) is 20.0. The Balaban J connectivity index is 1.03. The number of fused-ring (bicyclic) bond motifs is 6. The second-order valence-corrected chi connectivity index (χ2v) is 26.4. The summed E-state index contributed by atoms with van der Waals surface area (Å²) < 4.78 is 16.8. The molecule has 0 spiro atoms. The summed E-state index contributed by atoms with van der Waals surface area (Å²) in [6.07, 6.45) is 22.1. The van der Waals surface area contributed by atoms with Gasteiger partial charge in [0.05, 0.1) is 0 Å². The SMILES string of the molecule is C/C(=C\[CH2][Hg][CH2]/C=C(\C)[C@H]1C[C@@H]2[C@@]3(C)CCCC(C)(C)[C@@H]3CC[C@@]2(C)O1)[C@H]1C[C@@H]2[C@@]3(C)CCCC(C)(C)[C@@H]3CC[C@@]2(C)O1. The third kappa shape index (κ3) is 5.66. The number of allylic oxidation sites excluding steroid dienone is 2. The molecule has 0 aromatic heterocycles. The second-order valence-electron chi connectivity index (χ2n) is 19.1. The second kappa shape index (κ2) is 11.5. The van der Waals surface area contributed by atoms with E-state index in [1.165, 1.54) is 84.9 Å². The van der Waals surface area contributed by atoms with Gasteiger partial charge in [0.2, 0.25) is 0 Å². The topological polar surface area (TPSA) is 18.5 Å². The first kappa shape index (κ1) is 33.2. The summed E-state index contributed by atoms with van der Waals surface area (Å²) in [5.74, 6) is 3.16. The Bertz CT molecular complexity index is 1030. The molecule has 0 amide bonds. The van der Waals surface area contributed by atoms with Crippen LogP contribution >= 0.6 is 0 Å². The minimum absolute atomic E-state index is 0.0855. The first-order valence-corrected chi connectivity index (χ1v) is 26.5. The molecule has 3 heteroatoms. The Morgan fingerprint density at radius 2 is 0.977 bits per heavy atom. The number of rotatable bonds is 6. The quantitative estimate of drug-likeness (QED) is 0.152. The molecule has 6 aliphatic rings. The van der Waals surface area contributed by atoms with E-state index >= 15 is 0 Å². The molecule has 2 heterocycles. The van der Waals surface area contributed by atoms with Crippen LogP contribution in [0.25, 0.3) is 0 Å². The van der Waals surface area contributed by atoms with E-state index in [4.69, 9.17) is 9.47 Å². The molecule has 0 N–H and O–H groups in total. The van der Waals surface area contributed by atoms with E-state index in [-0.39, 0.29) is 11.2 Å². The van der Waals surface area contributed by atoms with Crippen LogP contribution in [0.4, 0.5) is 0 Å². The molecule has 0 radical (unpaired) electrons. The molecule has 6 rings (SSSR count). The molecule has 2 nitrogen and oxygen atoms in total. The van der Waals surface area contributed by atoms with Crippen LogP contribution in [0.3, 0.4) is 0 Å². The van der Waals surface area contributed by atoms with E-state index in [1.807, 2.05) is 0 Å². The van der Waals surface area contributed by atoms with Crippen molar-refractivity contribution < 1.29 is 34.0 Å². The summed E-state index contributed by atoms with van der Waals surface area (Å²) in [7, 11) is 0. The van der Waals surface area contributed by atoms with Gasteiger partial charge in [-0.05, 0) is 0 Å². The van der Waals surface area contributed by atoms with Gasteiger partial charge in [-0.2, -0.15) is 0 Å². The molecule has 6 fully saturated rings. The maximum atomic E-state index is 7.00. The Kier molecular flexibility index (Phi) is 8.88. The maximum absolute atomic E-state index is 7.00. The summed E-state index contributed by atoms with van der Waals surface area (Å²) in [5, 5.41) is 0. The Labute approximate surface area is 278 Å². The number of ether oxygens (including phenoxy) is 2.